The number of rotatable bonds is 24. The number of allylic oxidation sites excluding steroid dienone is 2. The van der Waals surface area contributed by atoms with E-state index in [-0.39, 0.29) is 24.3 Å². The van der Waals surface area contributed by atoms with E-state index in [9.17, 15) is 0 Å². The second kappa shape index (κ2) is 19.5. The van der Waals surface area contributed by atoms with Crippen molar-refractivity contribution < 1.29 is 36.6 Å². The number of alkyl halides is 6. The fourth-order valence-electron chi connectivity index (χ4n) is 7.75. The number of aliphatic hydroxyl groups excluding tert-OH is 2. The highest BCUT2D eigenvalue weighted by Gasteiger charge is 2.80. The number of hydrogen-bond donors (Lipinski definition) is 2. The van der Waals surface area contributed by atoms with Gasteiger partial charge < -0.3 is 10.2 Å². The van der Waals surface area contributed by atoms with Crippen molar-refractivity contribution in [2.45, 2.75) is 146 Å². The third kappa shape index (κ3) is 9.36. The maximum Gasteiger partial charge on any atom is 0.380 e. The van der Waals surface area contributed by atoms with Crippen LogP contribution in [0.5, 0.6) is 0 Å². The van der Waals surface area contributed by atoms with Crippen molar-refractivity contribution in [1.29, 1.82) is 0 Å². The van der Waals surface area contributed by atoms with Crippen LogP contribution in [-0.4, -0.2) is 41.2 Å². The van der Waals surface area contributed by atoms with Crippen LogP contribution in [0.1, 0.15) is 136 Å². The molecule has 10 heteroatoms. The van der Waals surface area contributed by atoms with Crippen molar-refractivity contribution in [2.75, 3.05) is 13.2 Å². The number of halogens is 6. The van der Waals surface area contributed by atoms with E-state index in [1.807, 2.05) is 0 Å². The summed E-state index contributed by atoms with van der Waals surface area (Å²) in [5.41, 5.74) is -2.72. The molecule has 0 spiro atoms. The molecule has 1 aliphatic rings. The van der Waals surface area contributed by atoms with Gasteiger partial charge in [0.15, 0.2) is 0 Å². The molecule has 292 valence electrons. The van der Waals surface area contributed by atoms with Crippen LogP contribution in [0.4, 0.5) is 26.3 Å². The van der Waals surface area contributed by atoms with Gasteiger partial charge in [0.05, 0.1) is 0 Å². The summed E-state index contributed by atoms with van der Waals surface area (Å²) in [6, 6.07) is 13.5. The predicted octanol–water partition coefficient (Wildman–Crippen LogP) is 14.0. The van der Waals surface area contributed by atoms with E-state index in [4.69, 9.17) is 10.2 Å². The summed E-state index contributed by atoms with van der Waals surface area (Å²) in [7, 11) is 0. The molecule has 0 bridgehead atoms. The fourth-order valence-corrected chi connectivity index (χ4v) is 10.3. The SMILES string of the molecule is OCCCCCCCCCCCc1sc2ccccc2c1C1=C(c2c(CCCCCCCCCCCO)sc3ccccc23)C(F)(F)C(F)(F)C1(F)F. The third-order valence-corrected chi connectivity index (χ3v) is 13.1. The van der Waals surface area contributed by atoms with Crippen LogP contribution in [0.15, 0.2) is 48.5 Å². The minimum Gasteiger partial charge on any atom is -0.396 e. The van der Waals surface area contributed by atoms with Gasteiger partial charge in [0.1, 0.15) is 0 Å². The topological polar surface area (TPSA) is 40.5 Å². The molecule has 1 aliphatic carbocycles. The van der Waals surface area contributed by atoms with E-state index >= 15 is 26.3 Å². The minimum absolute atomic E-state index is 0.147. The Morgan fingerprint density at radius 3 is 1.06 bits per heavy atom. The number of hydrogen-bond acceptors (Lipinski definition) is 4. The number of thiophene rings is 2. The van der Waals surface area contributed by atoms with Crippen LogP contribution < -0.4 is 0 Å². The van der Waals surface area contributed by atoms with E-state index in [2.05, 4.69) is 0 Å². The highest BCUT2D eigenvalue weighted by molar-refractivity contribution is 7.19. The number of aliphatic hydroxyl groups is 2. The molecule has 0 atom stereocenters. The lowest BCUT2D eigenvalue weighted by atomic mass is 9.90. The number of benzene rings is 2. The van der Waals surface area contributed by atoms with Gasteiger partial charge in [-0.05, 0) is 50.7 Å². The summed E-state index contributed by atoms with van der Waals surface area (Å²) < 4.78 is 98.2. The van der Waals surface area contributed by atoms with Crippen molar-refractivity contribution in [3.05, 3.63) is 69.4 Å². The van der Waals surface area contributed by atoms with Gasteiger partial charge in [0.2, 0.25) is 0 Å². The van der Waals surface area contributed by atoms with Gasteiger partial charge in [-0.2, -0.15) is 26.3 Å². The van der Waals surface area contributed by atoms with E-state index in [1.54, 1.807) is 48.5 Å². The molecule has 2 nitrogen and oxygen atoms in total. The second-order valence-electron chi connectivity index (χ2n) is 14.6. The standard InChI is InChI=1S/C43H54F6O2S2/c44-41(45)39(37-31-23-17-19-25-33(31)52-35(37)27-15-11-7-3-1-5-9-13-21-29-50)40(42(46,47)43(41,48)49)38-32-24-18-20-26-34(32)53-36(38)28-16-12-8-4-2-6-10-14-22-30-51/h17-20,23-26,50-51H,1-16,21-22,27-30H2. The molecule has 2 heterocycles. The van der Waals surface area contributed by atoms with Gasteiger partial charge >= 0.3 is 17.8 Å². The Morgan fingerprint density at radius 1 is 0.415 bits per heavy atom. The highest BCUT2D eigenvalue weighted by Crippen LogP contribution is 2.67. The molecule has 0 fully saturated rings. The van der Waals surface area contributed by atoms with Crippen molar-refractivity contribution in [3.63, 3.8) is 0 Å². The first-order valence-corrected chi connectivity index (χ1v) is 21.3. The first-order chi connectivity index (χ1) is 25.6. The normalized spacial score (nSPS) is 16.5. The van der Waals surface area contributed by atoms with Gasteiger partial charge in [0, 0.05) is 65.4 Å². The molecule has 0 saturated carbocycles. The predicted molar refractivity (Wildman–Crippen MR) is 210 cm³/mol. The Hall–Kier alpha value is -2.40. The van der Waals surface area contributed by atoms with Crippen LogP contribution in [0.25, 0.3) is 31.3 Å². The van der Waals surface area contributed by atoms with Crippen LogP contribution >= 0.6 is 22.7 Å². The minimum atomic E-state index is -5.61. The average Bonchev–Trinajstić information content (AvgIpc) is 3.71. The lowest BCUT2D eigenvalue weighted by Gasteiger charge is -2.26. The van der Waals surface area contributed by atoms with Crippen LogP contribution in [-0.2, 0) is 12.8 Å². The molecular formula is C43H54F6O2S2. The van der Waals surface area contributed by atoms with Crippen molar-refractivity contribution in [3.8, 4) is 0 Å². The Kier molecular flexibility index (Phi) is 15.3. The molecule has 0 radical (unpaired) electrons. The Labute approximate surface area is 318 Å². The van der Waals surface area contributed by atoms with Gasteiger partial charge in [-0.1, -0.05) is 126 Å². The Balaban J connectivity index is 1.46. The van der Waals surface area contributed by atoms with E-state index < -0.39 is 28.9 Å². The van der Waals surface area contributed by atoms with Crippen LogP contribution in [0.3, 0.4) is 0 Å². The maximum atomic E-state index is 16.4. The zero-order valence-corrected chi connectivity index (χ0v) is 32.3. The zero-order valence-electron chi connectivity index (χ0n) is 30.7. The highest BCUT2D eigenvalue weighted by atomic mass is 32.1. The van der Waals surface area contributed by atoms with Gasteiger partial charge in [-0.3, -0.25) is 0 Å². The van der Waals surface area contributed by atoms with Gasteiger partial charge in [-0.15, -0.1) is 22.7 Å². The molecule has 2 aromatic carbocycles. The molecular weight excluding hydrogens is 727 g/mol. The Morgan fingerprint density at radius 2 is 0.717 bits per heavy atom. The monoisotopic (exact) mass is 780 g/mol. The van der Waals surface area contributed by atoms with Crippen LogP contribution in [0.2, 0.25) is 0 Å². The van der Waals surface area contributed by atoms with Crippen LogP contribution in [0, 0.1) is 0 Å². The molecule has 0 amide bonds. The van der Waals surface area contributed by atoms with Crippen molar-refractivity contribution in [2.24, 2.45) is 0 Å². The first-order valence-electron chi connectivity index (χ1n) is 19.7. The number of aryl methyl sites for hydroxylation is 2. The van der Waals surface area contributed by atoms with E-state index in [0.717, 1.165) is 103 Å². The van der Waals surface area contributed by atoms with Gasteiger partial charge in [0.25, 0.3) is 0 Å². The smallest absolute Gasteiger partial charge is 0.380 e. The molecule has 0 saturated heterocycles. The zero-order chi connectivity index (χ0) is 37.9. The quantitative estimate of drug-likeness (QED) is 0.0549. The second-order valence-corrected chi connectivity index (χ2v) is 16.9. The summed E-state index contributed by atoms with van der Waals surface area (Å²) in [5.74, 6) is -15.8. The first kappa shape index (κ1) is 41.8. The van der Waals surface area contributed by atoms with E-state index in [1.165, 1.54) is 22.7 Å². The summed E-state index contributed by atoms with van der Waals surface area (Å²) in [6.45, 7) is 0.415. The summed E-state index contributed by atoms with van der Waals surface area (Å²) in [5, 5.41) is 18.5. The number of unbranched alkanes of at least 4 members (excludes halogenated alkanes) is 16. The average molecular weight is 781 g/mol. The largest absolute Gasteiger partial charge is 0.396 e. The Bertz CT molecular complexity index is 1650. The lowest BCUT2D eigenvalue weighted by Crippen LogP contribution is -2.49. The summed E-state index contributed by atoms with van der Waals surface area (Å²) in [6.07, 6.45) is 17.6. The molecule has 0 unspecified atom stereocenters. The summed E-state index contributed by atoms with van der Waals surface area (Å²) in [4.78, 5) is 0.904. The molecule has 4 aromatic rings. The fraction of sp³-hybridized carbons (Fsp3) is 0.581. The molecule has 0 aliphatic heterocycles. The molecule has 2 aromatic heterocycles. The van der Waals surface area contributed by atoms with Crippen molar-refractivity contribution in [1.82, 2.24) is 0 Å². The molecule has 5 rings (SSSR count). The maximum absolute atomic E-state index is 16.4. The number of fused-ring (bicyclic) bond motifs is 2. The lowest BCUT2D eigenvalue weighted by molar-refractivity contribution is -0.254. The molecule has 2 N–H and O–H groups in total. The summed E-state index contributed by atoms with van der Waals surface area (Å²) >= 11 is 2.48. The van der Waals surface area contributed by atoms with Crippen molar-refractivity contribution >= 4 is 54.0 Å². The van der Waals surface area contributed by atoms with Gasteiger partial charge in [-0.25, -0.2) is 0 Å². The molecule has 53 heavy (non-hydrogen) atoms. The van der Waals surface area contributed by atoms with E-state index in [0.29, 0.717) is 55.6 Å². The third-order valence-electron chi connectivity index (χ3n) is 10.6.